The number of anilines is 1. The van der Waals surface area contributed by atoms with E-state index >= 15 is 0 Å². The fraction of sp³-hybridized carbons (Fsp3) is 0.250. The monoisotopic (exact) mass is 352 g/mol. The minimum atomic E-state index is -0.287. The summed E-state index contributed by atoms with van der Waals surface area (Å²) < 4.78 is 5.20. The topological polar surface area (TPSA) is 62.6 Å². The van der Waals surface area contributed by atoms with E-state index in [2.05, 4.69) is 5.32 Å². The number of para-hydroxylation sites is 1. The molecule has 0 aliphatic rings. The maximum Gasteiger partial charge on any atom is 0.244 e. The van der Waals surface area contributed by atoms with Gasteiger partial charge in [-0.1, -0.05) is 23.7 Å². The van der Waals surface area contributed by atoms with Gasteiger partial charge in [0.25, 0.3) is 0 Å². The molecule has 0 radical (unpaired) electrons. The highest BCUT2D eigenvalue weighted by molar-refractivity contribution is 7.99. The lowest BCUT2D eigenvalue weighted by Gasteiger charge is -2.16. The molecular weight excluding hydrogens is 336 g/mol. The molecule has 2 amide bonds. The molecule has 0 unspecified atom stereocenters. The quantitative estimate of drug-likeness (QED) is 0.830. The van der Waals surface area contributed by atoms with Crippen molar-refractivity contribution in [2.75, 3.05) is 24.7 Å². The van der Waals surface area contributed by atoms with Crippen LogP contribution in [0, 0.1) is 0 Å². The van der Waals surface area contributed by atoms with Gasteiger partial charge in [0, 0.05) is 7.05 Å². The van der Waals surface area contributed by atoms with Gasteiger partial charge in [-0.2, -0.15) is 0 Å². The average Bonchev–Trinajstić information content (AvgIpc) is 3.02. The zero-order valence-electron chi connectivity index (χ0n) is 12.6. The fourth-order valence-electron chi connectivity index (χ4n) is 1.80. The number of amides is 2. The molecule has 0 fully saturated rings. The lowest BCUT2D eigenvalue weighted by Crippen LogP contribution is -2.36. The highest BCUT2D eigenvalue weighted by Crippen LogP contribution is 2.20. The Kier molecular flexibility index (Phi) is 6.55. The molecule has 0 saturated carbocycles. The number of hydrogen-bond donors (Lipinski definition) is 1. The molecule has 0 aliphatic carbocycles. The second kappa shape index (κ2) is 8.64. The molecule has 0 atom stereocenters. The van der Waals surface area contributed by atoms with Gasteiger partial charge in [0.05, 0.1) is 35.0 Å². The first-order valence-electron chi connectivity index (χ1n) is 6.94. The Balaban J connectivity index is 1.74. The fourth-order valence-corrected chi connectivity index (χ4v) is 2.85. The van der Waals surface area contributed by atoms with Crippen molar-refractivity contribution < 1.29 is 14.0 Å². The lowest BCUT2D eigenvalue weighted by molar-refractivity contribution is -0.131. The molecule has 7 heteroatoms. The minimum Gasteiger partial charge on any atom is -0.468 e. The van der Waals surface area contributed by atoms with E-state index in [0.29, 0.717) is 16.5 Å². The molecule has 0 saturated heterocycles. The molecule has 2 aromatic rings. The zero-order chi connectivity index (χ0) is 16.7. The van der Waals surface area contributed by atoms with Gasteiger partial charge in [0.15, 0.2) is 0 Å². The first-order valence-corrected chi connectivity index (χ1v) is 8.48. The molecule has 1 aromatic heterocycles. The van der Waals surface area contributed by atoms with E-state index in [1.54, 1.807) is 37.6 Å². The SMILES string of the molecule is CN(CC(=O)Nc1ccccc1Cl)C(=O)CSCc1ccco1. The second-order valence-electron chi connectivity index (χ2n) is 4.85. The van der Waals surface area contributed by atoms with E-state index in [1.807, 2.05) is 12.1 Å². The highest BCUT2D eigenvalue weighted by Gasteiger charge is 2.14. The van der Waals surface area contributed by atoms with Gasteiger partial charge in [-0.15, -0.1) is 11.8 Å². The van der Waals surface area contributed by atoms with Gasteiger partial charge in [0.1, 0.15) is 5.76 Å². The summed E-state index contributed by atoms with van der Waals surface area (Å²) in [6, 6.07) is 10.6. The number of carbonyl (C=O) groups excluding carboxylic acids is 2. The number of nitrogens with zero attached hydrogens (tertiary/aromatic N) is 1. The molecule has 1 heterocycles. The molecule has 122 valence electrons. The number of thioether (sulfide) groups is 1. The van der Waals surface area contributed by atoms with Gasteiger partial charge in [0.2, 0.25) is 11.8 Å². The number of carbonyl (C=O) groups is 2. The van der Waals surface area contributed by atoms with E-state index in [4.69, 9.17) is 16.0 Å². The van der Waals surface area contributed by atoms with E-state index in [-0.39, 0.29) is 24.1 Å². The van der Waals surface area contributed by atoms with Crippen LogP contribution in [0.3, 0.4) is 0 Å². The van der Waals surface area contributed by atoms with Gasteiger partial charge < -0.3 is 14.6 Å². The van der Waals surface area contributed by atoms with Gasteiger partial charge >= 0.3 is 0 Å². The van der Waals surface area contributed by atoms with Crippen LogP contribution in [0.5, 0.6) is 0 Å². The number of likely N-dealkylation sites (N-methyl/N-ethyl adjacent to an activating group) is 1. The van der Waals surface area contributed by atoms with Crippen LogP contribution in [0.25, 0.3) is 0 Å². The molecular formula is C16H17ClN2O3S. The van der Waals surface area contributed by atoms with Gasteiger partial charge in [-0.05, 0) is 24.3 Å². The summed E-state index contributed by atoms with van der Waals surface area (Å²) >= 11 is 7.42. The molecule has 0 bridgehead atoms. The second-order valence-corrected chi connectivity index (χ2v) is 6.24. The molecule has 23 heavy (non-hydrogen) atoms. The zero-order valence-corrected chi connectivity index (χ0v) is 14.2. The van der Waals surface area contributed by atoms with Crippen LogP contribution in [0.15, 0.2) is 47.1 Å². The van der Waals surface area contributed by atoms with Crippen LogP contribution in [0.4, 0.5) is 5.69 Å². The Morgan fingerprint density at radius 3 is 2.74 bits per heavy atom. The van der Waals surface area contributed by atoms with Gasteiger partial charge in [-0.25, -0.2) is 0 Å². The Hall–Kier alpha value is -1.92. The van der Waals surface area contributed by atoms with Crippen LogP contribution in [-0.4, -0.2) is 36.1 Å². The average molecular weight is 353 g/mol. The number of nitrogens with one attached hydrogen (secondary N) is 1. The number of rotatable bonds is 7. The van der Waals surface area contributed by atoms with Crippen molar-refractivity contribution in [2.45, 2.75) is 5.75 Å². The Morgan fingerprint density at radius 2 is 2.04 bits per heavy atom. The van der Waals surface area contributed by atoms with E-state index in [1.165, 1.54) is 16.7 Å². The Labute approximate surface area is 144 Å². The first-order chi connectivity index (χ1) is 11.1. The van der Waals surface area contributed by atoms with E-state index in [9.17, 15) is 9.59 Å². The highest BCUT2D eigenvalue weighted by atomic mass is 35.5. The van der Waals surface area contributed by atoms with Gasteiger partial charge in [-0.3, -0.25) is 9.59 Å². The lowest BCUT2D eigenvalue weighted by atomic mass is 10.3. The molecule has 1 N–H and O–H groups in total. The summed E-state index contributed by atoms with van der Waals surface area (Å²) in [5.41, 5.74) is 0.534. The summed E-state index contributed by atoms with van der Waals surface area (Å²) in [5.74, 6) is 1.33. The van der Waals surface area contributed by atoms with Crippen molar-refractivity contribution in [3.05, 3.63) is 53.4 Å². The van der Waals surface area contributed by atoms with Crippen LogP contribution in [0.1, 0.15) is 5.76 Å². The van der Waals surface area contributed by atoms with Crippen LogP contribution >= 0.6 is 23.4 Å². The number of halogens is 1. The van der Waals surface area contributed by atoms with Crippen molar-refractivity contribution in [2.24, 2.45) is 0 Å². The summed E-state index contributed by atoms with van der Waals surface area (Å²) in [6.07, 6.45) is 1.60. The van der Waals surface area contributed by atoms with Crippen LogP contribution < -0.4 is 5.32 Å². The largest absolute Gasteiger partial charge is 0.468 e. The third kappa shape index (κ3) is 5.65. The molecule has 0 spiro atoms. The van der Waals surface area contributed by atoms with E-state index < -0.39 is 0 Å². The smallest absolute Gasteiger partial charge is 0.244 e. The maximum absolute atomic E-state index is 12.0. The van der Waals surface area contributed by atoms with Crippen LogP contribution in [-0.2, 0) is 15.3 Å². The van der Waals surface area contributed by atoms with Crippen molar-refractivity contribution in [3.63, 3.8) is 0 Å². The molecule has 2 rings (SSSR count). The summed E-state index contributed by atoms with van der Waals surface area (Å²) in [5, 5.41) is 3.15. The van der Waals surface area contributed by atoms with Crippen molar-refractivity contribution in [1.82, 2.24) is 4.90 Å². The molecule has 0 aliphatic heterocycles. The summed E-state index contributed by atoms with van der Waals surface area (Å²) in [4.78, 5) is 25.3. The molecule has 1 aromatic carbocycles. The first kappa shape index (κ1) is 17.4. The third-order valence-corrected chi connectivity index (χ3v) is 4.27. The standard InChI is InChI=1S/C16H17ClN2O3S/c1-19(16(21)11-23-10-12-5-4-8-22-12)9-15(20)18-14-7-3-2-6-13(14)17/h2-8H,9-11H2,1H3,(H,18,20). The number of benzene rings is 1. The third-order valence-electron chi connectivity index (χ3n) is 3.00. The Morgan fingerprint density at radius 1 is 1.26 bits per heavy atom. The minimum absolute atomic E-state index is 0.0225. The summed E-state index contributed by atoms with van der Waals surface area (Å²) in [7, 11) is 1.60. The maximum atomic E-state index is 12.0. The molecule has 5 nitrogen and oxygen atoms in total. The number of furan rings is 1. The predicted octanol–water partition coefficient (Wildman–Crippen LogP) is 3.26. The van der Waals surface area contributed by atoms with Crippen molar-refractivity contribution >= 4 is 40.9 Å². The summed E-state index contributed by atoms with van der Waals surface area (Å²) in [6.45, 7) is -0.0225. The van der Waals surface area contributed by atoms with Crippen molar-refractivity contribution in [1.29, 1.82) is 0 Å². The normalized spacial score (nSPS) is 10.3. The Bertz CT molecular complexity index is 661. The predicted molar refractivity (Wildman–Crippen MR) is 92.6 cm³/mol. The number of hydrogen-bond acceptors (Lipinski definition) is 4. The van der Waals surface area contributed by atoms with Crippen molar-refractivity contribution in [3.8, 4) is 0 Å². The van der Waals surface area contributed by atoms with Crippen LogP contribution in [0.2, 0.25) is 5.02 Å². The van der Waals surface area contributed by atoms with E-state index in [0.717, 1.165) is 5.76 Å².